The Morgan fingerprint density at radius 3 is 1.13 bits per heavy atom. The molecule has 0 aromatic heterocycles. The number of hydrogen-bond acceptors (Lipinski definition) is 4. The number of benzene rings is 2. The average molecular weight is 349 g/mol. The summed E-state index contributed by atoms with van der Waals surface area (Å²) in [5, 5.41) is 20.5. The molecule has 4 nitrogen and oxygen atoms in total. The van der Waals surface area contributed by atoms with E-state index in [0.717, 1.165) is 11.1 Å². The van der Waals surface area contributed by atoms with Crippen molar-refractivity contribution >= 4 is 24.1 Å². The molecule has 0 N–H and O–H groups in total. The molecule has 0 aliphatic rings. The molecule has 0 amide bonds. The van der Waals surface area contributed by atoms with Gasteiger partial charge in [-0.3, -0.25) is 0 Å². The summed E-state index contributed by atoms with van der Waals surface area (Å²) in [5.74, 6) is -2.30. The van der Waals surface area contributed by atoms with Gasteiger partial charge in [-0.1, -0.05) is 73.8 Å². The normalized spacial score (nSPS) is 8.70. The molecule has 0 unspecified atom stereocenters. The van der Waals surface area contributed by atoms with Crippen molar-refractivity contribution in [1.29, 1.82) is 0 Å². The fourth-order valence-electron chi connectivity index (χ4n) is 1.51. The van der Waals surface area contributed by atoms with E-state index in [1.165, 1.54) is 24.3 Å². The first-order valence-electron chi connectivity index (χ1n) is 6.35. The van der Waals surface area contributed by atoms with Gasteiger partial charge in [0.15, 0.2) is 0 Å². The van der Waals surface area contributed by atoms with Crippen molar-refractivity contribution < 1.29 is 36.9 Å². The van der Waals surface area contributed by atoms with Gasteiger partial charge in [0.25, 0.3) is 0 Å². The number of rotatable bonds is 4. The number of carboxylic acid groups (broad SMARTS) is 2. The number of carbonyl (C=O) groups excluding carboxylic acids is 2. The Bertz CT molecular complexity index is 612. The van der Waals surface area contributed by atoms with E-state index in [9.17, 15) is 19.8 Å². The van der Waals surface area contributed by atoms with Crippen LogP contribution in [0.4, 0.5) is 0 Å². The fourth-order valence-corrected chi connectivity index (χ4v) is 1.51. The number of carbonyl (C=O) groups is 2. The molecule has 0 fully saturated rings. The first-order chi connectivity index (χ1) is 10.5. The van der Waals surface area contributed by atoms with Crippen LogP contribution in [0, 0.1) is 0 Å². The van der Waals surface area contributed by atoms with Gasteiger partial charge in [0, 0.05) is 0 Å². The van der Waals surface area contributed by atoms with Gasteiger partial charge in [-0.2, -0.15) is 0 Å². The van der Waals surface area contributed by atoms with E-state index in [2.05, 4.69) is 13.2 Å². The minimum Gasteiger partial charge on any atom is -0.545 e. The quantitative estimate of drug-likeness (QED) is 0.781. The summed E-state index contributed by atoms with van der Waals surface area (Å²) < 4.78 is 0. The van der Waals surface area contributed by atoms with E-state index in [0.29, 0.717) is 0 Å². The van der Waals surface area contributed by atoms with Crippen LogP contribution in [-0.4, -0.2) is 11.9 Å². The van der Waals surface area contributed by atoms with Gasteiger partial charge in [-0.05, 0) is 22.3 Å². The number of hydrogen-bond donors (Lipinski definition) is 0. The molecule has 0 bridgehead atoms. The summed E-state index contributed by atoms with van der Waals surface area (Å²) in [5.41, 5.74) is 2.18. The topological polar surface area (TPSA) is 80.3 Å². The molecule has 0 aliphatic carbocycles. The summed E-state index contributed by atoms with van der Waals surface area (Å²) in [6.07, 6.45) is 3.30. The molecule has 2 aromatic rings. The van der Waals surface area contributed by atoms with Crippen LogP contribution in [0.1, 0.15) is 31.8 Å². The van der Waals surface area contributed by atoms with Crippen LogP contribution in [0.3, 0.4) is 0 Å². The van der Waals surface area contributed by atoms with Crippen molar-refractivity contribution in [3.8, 4) is 0 Å². The van der Waals surface area contributed by atoms with Gasteiger partial charge < -0.3 is 19.8 Å². The smallest absolute Gasteiger partial charge is 0.545 e. The van der Waals surface area contributed by atoms with Crippen molar-refractivity contribution in [1.82, 2.24) is 0 Å². The minimum absolute atomic E-state index is 0. The maximum absolute atomic E-state index is 10.3. The summed E-state index contributed by atoms with van der Waals surface area (Å²) in [7, 11) is 0. The molecule has 0 saturated heterocycles. The van der Waals surface area contributed by atoms with E-state index in [-0.39, 0.29) is 28.2 Å². The zero-order valence-electron chi connectivity index (χ0n) is 12.2. The second-order valence-corrected chi connectivity index (χ2v) is 4.23. The van der Waals surface area contributed by atoms with Crippen molar-refractivity contribution in [2.45, 2.75) is 0 Å². The Morgan fingerprint density at radius 1 is 0.696 bits per heavy atom. The average Bonchev–Trinajstić information content (AvgIpc) is 2.55. The fraction of sp³-hybridized carbons (Fsp3) is 0. The van der Waals surface area contributed by atoms with Crippen molar-refractivity contribution in [2.75, 3.05) is 0 Å². The Labute approximate surface area is 145 Å². The van der Waals surface area contributed by atoms with Gasteiger partial charge in [0.05, 0.1) is 11.9 Å². The van der Waals surface area contributed by atoms with Crippen LogP contribution in [0.25, 0.3) is 12.2 Å². The molecule has 0 heterocycles. The zero-order chi connectivity index (χ0) is 16.5. The number of carboxylic acids is 2. The molecule has 0 atom stereocenters. The Balaban J connectivity index is 0.000000403. The number of aromatic carboxylic acids is 2. The first kappa shape index (κ1) is 20.4. The molecular formula is C18H14MnO4. The van der Waals surface area contributed by atoms with Crippen LogP contribution in [0.15, 0.2) is 61.7 Å². The van der Waals surface area contributed by atoms with Gasteiger partial charge in [-0.25, -0.2) is 0 Å². The molecule has 23 heavy (non-hydrogen) atoms. The second kappa shape index (κ2) is 10.2. The minimum atomic E-state index is -1.15. The predicted octanol–water partition coefficient (Wildman–Crippen LogP) is 1.38. The van der Waals surface area contributed by atoms with Crippen LogP contribution >= 0.6 is 0 Å². The van der Waals surface area contributed by atoms with Crippen LogP contribution in [0.5, 0.6) is 0 Å². The molecule has 2 aromatic carbocycles. The van der Waals surface area contributed by atoms with Crippen LogP contribution in [-0.2, 0) is 17.1 Å². The van der Waals surface area contributed by atoms with E-state index in [1.807, 2.05) is 0 Å². The molecule has 117 valence electrons. The third-order valence-corrected chi connectivity index (χ3v) is 2.76. The summed E-state index contributed by atoms with van der Waals surface area (Å²) in [4.78, 5) is 20.5. The van der Waals surface area contributed by atoms with Crippen molar-refractivity contribution in [2.24, 2.45) is 0 Å². The molecule has 0 spiro atoms. The first-order valence-corrected chi connectivity index (χ1v) is 6.35. The maximum Gasteiger partial charge on any atom is 2.00 e. The van der Waals surface area contributed by atoms with Gasteiger partial charge in [-0.15, -0.1) is 0 Å². The maximum atomic E-state index is 10.3. The third kappa shape index (κ3) is 6.78. The summed E-state index contributed by atoms with van der Waals surface area (Å²) in [6, 6.07) is 12.7. The Morgan fingerprint density at radius 2 is 0.957 bits per heavy atom. The van der Waals surface area contributed by atoms with Gasteiger partial charge >= 0.3 is 17.1 Å². The van der Waals surface area contributed by atoms with E-state index in [1.54, 1.807) is 36.4 Å². The summed E-state index contributed by atoms with van der Waals surface area (Å²) in [6.45, 7) is 7.08. The largest absolute Gasteiger partial charge is 2.00 e. The summed E-state index contributed by atoms with van der Waals surface area (Å²) >= 11 is 0. The third-order valence-electron chi connectivity index (χ3n) is 2.76. The van der Waals surface area contributed by atoms with E-state index < -0.39 is 11.9 Å². The molecule has 2 rings (SSSR count). The standard InChI is InChI=1S/2C9H8O2.Mn/c2*1-2-7-3-5-8(6-4-7)9(10)11;/h2*2-6H,1H2,(H,10,11);/q;;+2/p-2. The van der Waals surface area contributed by atoms with Crippen molar-refractivity contribution in [3.63, 3.8) is 0 Å². The Hall–Kier alpha value is -2.62. The SMILES string of the molecule is C=Cc1ccc(C(=O)[O-])cc1.C=Cc1ccc(C(=O)[O-])cc1.[Mn+2]. The van der Waals surface area contributed by atoms with Crippen LogP contribution < -0.4 is 10.2 Å². The van der Waals surface area contributed by atoms with E-state index >= 15 is 0 Å². The van der Waals surface area contributed by atoms with Gasteiger partial charge in [0.2, 0.25) is 0 Å². The second-order valence-electron chi connectivity index (χ2n) is 4.23. The molecular weight excluding hydrogens is 335 g/mol. The predicted molar refractivity (Wildman–Crippen MR) is 81.7 cm³/mol. The molecule has 5 heteroatoms. The molecule has 0 aliphatic heterocycles. The molecule has 1 radical (unpaired) electrons. The monoisotopic (exact) mass is 349 g/mol. The van der Waals surface area contributed by atoms with Crippen LogP contribution in [0.2, 0.25) is 0 Å². The van der Waals surface area contributed by atoms with Crippen molar-refractivity contribution in [3.05, 3.63) is 83.9 Å². The van der Waals surface area contributed by atoms with Gasteiger partial charge in [0.1, 0.15) is 0 Å². The molecule has 0 saturated carbocycles. The zero-order valence-corrected chi connectivity index (χ0v) is 13.4. The van der Waals surface area contributed by atoms with E-state index in [4.69, 9.17) is 0 Å². The Kier molecular flexibility index (Phi) is 9.01.